The SMILES string of the molecule is Cc1ccc(SCCCC(=O)N=c2sc3ccccc3n2C)cc1. The molecule has 1 aromatic heterocycles. The molecule has 0 saturated carbocycles. The van der Waals surface area contributed by atoms with Crippen molar-refractivity contribution in [2.45, 2.75) is 24.7 Å². The van der Waals surface area contributed by atoms with E-state index in [1.165, 1.54) is 10.5 Å². The first kappa shape index (κ1) is 17.0. The van der Waals surface area contributed by atoms with Gasteiger partial charge >= 0.3 is 0 Å². The molecule has 5 heteroatoms. The number of carbonyl (C=O) groups excluding carboxylic acids is 1. The summed E-state index contributed by atoms with van der Waals surface area (Å²) in [6.07, 6.45) is 1.34. The van der Waals surface area contributed by atoms with E-state index in [4.69, 9.17) is 0 Å². The Bertz CT molecular complexity index is 907. The summed E-state index contributed by atoms with van der Waals surface area (Å²) in [5, 5.41) is 0. The van der Waals surface area contributed by atoms with Crippen LogP contribution in [0.5, 0.6) is 0 Å². The van der Waals surface area contributed by atoms with E-state index in [1.807, 2.05) is 29.8 Å². The number of rotatable bonds is 5. The third-order valence-electron chi connectivity index (χ3n) is 3.76. The molecular weight excluding hydrogens is 336 g/mol. The molecule has 0 unspecified atom stereocenters. The minimum absolute atomic E-state index is 0.0401. The molecule has 0 aliphatic heterocycles. The van der Waals surface area contributed by atoms with Crippen LogP contribution in [0, 0.1) is 6.92 Å². The number of thioether (sulfide) groups is 1. The lowest BCUT2D eigenvalue weighted by Gasteiger charge is -2.01. The normalized spacial score (nSPS) is 12.0. The molecule has 0 radical (unpaired) electrons. The third-order valence-corrected chi connectivity index (χ3v) is 5.97. The highest BCUT2D eigenvalue weighted by atomic mass is 32.2. The second kappa shape index (κ2) is 7.81. The fraction of sp³-hybridized carbons (Fsp3) is 0.263. The summed E-state index contributed by atoms with van der Waals surface area (Å²) < 4.78 is 3.14. The van der Waals surface area contributed by atoms with Crippen molar-refractivity contribution in [2.24, 2.45) is 12.0 Å². The Morgan fingerprint density at radius 2 is 1.92 bits per heavy atom. The van der Waals surface area contributed by atoms with Crippen LogP contribution >= 0.6 is 23.1 Å². The van der Waals surface area contributed by atoms with Crippen LogP contribution in [0.3, 0.4) is 0 Å². The van der Waals surface area contributed by atoms with E-state index < -0.39 is 0 Å². The van der Waals surface area contributed by atoms with Crippen LogP contribution in [-0.2, 0) is 11.8 Å². The summed E-state index contributed by atoms with van der Waals surface area (Å²) in [7, 11) is 1.96. The molecule has 3 rings (SSSR count). The number of benzene rings is 2. The van der Waals surface area contributed by atoms with Crippen LogP contribution in [0.2, 0.25) is 0 Å². The number of nitrogens with zero attached hydrogens (tertiary/aromatic N) is 2. The summed E-state index contributed by atoms with van der Waals surface area (Å²) >= 11 is 3.35. The van der Waals surface area contributed by atoms with E-state index in [-0.39, 0.29) is 5.91 Å². The lowest BCUT2D eigenvalue weighted by Crippen LogP contribution is -2.13. The zero-order chi connectivity index (χ0) is 16.9. The predicted molar refractivity (Wildman–Crippen MR) is 103 cm³/mol. The number of aryl methyl sites for hydroxylation is 2. The van der Waals surface area contributed by atoms with Gasteiger partial charge in [-0.15, -0.1) is 11.8 Å². The van der Waals surface area contributed by atoms with E-state index in [0.717, 1.165) is 27.2 Å². The summed E-state index contributed by atoms with van der Waals surface area (Å²) in [5.74, 6) is 0.893. The molecule has 3 nitrogen and oxygen atoms in total. The number of aromatic nitrogens is 1. The Balaban J connectivity index is 1.56. The van der Waals surface area contributed by atoms with Gasteiger partial charge in [0.2, 0.25) is 5.91 Å². The second-order valence-corrected chi connectivity index (χ2v) is 7.86. The van der Waals surface area contributed by atoms with Gasteiger partial charge in [-0.2, -0.15) is 4.99 Å². The van der Waals surface area contributed by atoms with Crippen LogP contribution in [0.1, 0.15) is 18.4 Å². The highest BCUT2D eigenvalue weighted by molar-refractivity contribution is 7.99. The number of hydrogen-bond acceptors (Lipinski definition) is 3. The van der Waals surface area contributed by atoms with Gasteiger partial charge in [0, 0.05) is 18.4 Å². The van der Waals surface area contributed by atoms with Crippen molar-refractivity contribution in [1.82, 2.24) is 4.57 Å². The Morgan fingerprint density at radius 1 is 1.17 bits per heavy atom. The molecule has 1 heterocycles. The van der Waals surface area contributed by atoms with Crippen LogP contribution in [0.25, 0.3) is 10.2 Å². The van der Waals surface area contributed by atoms with Gasteiger partial charge in [0.1, 0.15) is 0 Å². The zero-order valence-corrected chi connectivity index (χ0v) is 15.5. The minimum Gasteiger partial charge on any atom is -0.319 e. The van der Waals surface area contributed by atoms with Crippen LogP contribution < -0.4 is 4.80 Å². The molecule has 0 aliphatic rings. The van der Waals surface area contributed by atoms with E-state index in [2.05, 4.69) is 42.2 Å². The smallest absolute Gasteiger partial charge is 0.248 e. The van der Waals surface area contributed by atoms with Crippen molar-refractivity contribution >= 4 is 39.2 Å². The Kier molecular flexibility index (Phi) is 5.53. The van der Waals surface area contributed by atoms with Crippen molar-refractivity contribution < 1.29 is 4.79 Å². The van der Waals surface area contributed by atoms with Gasteiger partial charge in [-0.05, 0) is 43.4 Å². The standard InChI is InChI=1S/C19H20N2OS2/c1-14-9-11-15(12-10-14)23-13-5-8-18(22)20-19-21(2)16-6-3-4-7-17(16)24-19/h3-4,6-7,9-12H,5,8,13H2,1-2H3. The van der Waals surface area contributed by atoms with Gasteiger partial charge in [0.05, 0.1) is 10.2 Å². The van der Waals surface area contributed by atoms with E-state index in [0.29, 0.717) is 6.42 Å². The molecule has 3 aromatic rings. The van der Waals surface area contributed by atoms with Crippen LogP contribution in [0.15, 0.2) is 58.4 Å². The van der Waals surface area contributed by atoms with Crippen molar-refractivity contribution in [3.63, 3.8) is 0 Å². The summed E-state index contributed by atoms with van der Waals surface area (Å²) in [4.78, 5) is 18.4. The van der Waals surface area contributed by atoms with E-state index >= 15 is 0 Å². The molecule has 0 spiro atoms. The maximum atomic E-state index is 12.1. The number of hydrogen-bond donors (Lipinski definition) is 0. The first-order valence-electron chi connectivity index (χ1n) is 7.95. The summed E-state index contributed by atoms with van der Waals surface area (Å²) in [6.45, 7) is 2.09. The van der Waals surface area contributed by atoms with Crippen molar-refractivity contribution in [2.75, 3.05) is 5.75 Å². The van der Waals surface area contributed by atoms with Gasteiger partial charge < -0.3 is 4.57 Å². The van der Waals surface area contributed by atoms with Crippen molar-refractivity contribution in [3.05, 3.63) is 58.9 Å². The quantitative estimate of drug-likeness (QED) is 0.496. The lowest BCUT2D eigenvalue weighted by molar-refractivity contribution is -0.118. The van der Waals surface area contributed by atoms with Crippen LogP contribution in [0.4, 0.5) is 0 Å². The first-order valence-corrected chi connectivity index (χ1v) is 9.75. The number of thiazole rings is 1. The molecule has 2 aromatic carbocycles. The molecule has 24 heavy (non-hydrogen) atoms. The van der Waals surface area contributed by atoms with Gasteiger partial charge in [-0.3, -0.25) is 4.79 Å². The molecule has 1 amide bonds. The van der Waals surface area contributed by atoms with Gasteiger partial charge in [0.15, 0.2) is 4.80 Å². The summed E-state index contributed by atoms with van der Waals surface area (Å²) in [6, 6.07) is 16.6. The number of amides is 1. The number of fused-ring (bicyclic) bond motifs is 1. The number of para-hydroxylation sites is 1. The fourth-order valence-electron chi connectivity index (χ4n) is 2.40. The predicted octanol–water partition coefficient (Wildman–Crippen LogP) is 4.55. The molecule has 0 N–H and O–H groups in total. The molecule has 0 bridgehead atoms. The monoisotopic (exact) mass is 356 g/mol. The van der Waals surface area contributed by atoms with Gasteiger partial charge in [-0.25, -0.2) is 0 Å². The van der Waals surface area contributed by atoms with Gasteiger partial charge in [0.25, 0.3) is 0 Å². The van der Waals surface area contributed by atoms with Gasteiger partial charge in [-0.1, -0.05) is 41.2 Å². The van der Waals surface area contributed by atoms with Crippen molar-refractivity contribution in [1.29, 1.82) is 0 Å². The Labute approximate surface area is 150 Å². The molecule has 0 aliphatic carbocycles. The van der Waals surface area contributed by atoms with E-state index in [9.17, 15) is 4.79 Å². The highest BCUT2D eigenvalue weighted by Gasteiger charge is 2.04. The fourth-order valence-corrected chi connectivity index (χ4v) is 4.29. The van der Waals surface area contributed by atoms with Crippen LogP contribution in [-0.4, -0.2) is 16.2 Å². The number of carbonyl (C=O) groups is 1. The Hall–Kier alpha value is -1.85. The zero-order valence-electron chi connectivity index (χ0n) is 13.9. The third kappa shape index (κ3) is 4.16. The molecule has 124 valence electrons. The van der Waals surface area contributed by atoms with Crippen molar-refractivity contribution in [3.8, 4) is 0 Å². The average molecular weight is 357 g/mol. The minimum atomic E-state index is -0.0401. The van der Waals surface area contributed by atoms with E-state index in [1.54, 1.807) is 23.1 Å². The highest BCUT2D eigenvalue weighted by Crippen LogP contribution is 2.20. The molecule has 0 fully saturated rings. The average Bonchev–Trinajstić information content (AvgIpc) is 2.90. The summed E-state index contributed by atoms with van der Waals surface area (Å²) in [5.41, 5.74) is 2.38. The molecular formula is C19H20N2OS2. The second-order valence-electron chi connectivity index (χ2n) is 5.68. The first-order chi connectivity index (χ1) is 11.6. The maximum absolute atomic E-state index is 12.1. The molecule has 0 atom stereocenters. The topological polar surface area (TPSA) is 34.4 Å². The molecule has 0 saturated heterocycles. The maximum Gasteiger partial charge on any atom is 0.248 e. The lowest BCUT2D eigenvalue weighted by atomic mass is 10.2. The largest absolute Gasteiger partial charge is 0.319 e. The Morgan fingerprint density at radius 3 is 2.67 bits per heavy atom.